The number of hydrogen-bond donors (Lipinski definition) is 0. The molecule has 0 bridgehead atoms. The van der Waals surface area contributed by atoms with Gasteiger partial charge in [-0.05, 0) is 30.0 Å². The van der Waals surface area contributed by atoms with Gasteiger partial charge in [0.2, 0.25) is 0 Å². The van der Waals surface area contributed by atoms with Crippen LogP contribution in [0.5, 0.6) is 5.75 Å². The van der Waals surface area contributed by atoms with Gasteiger partial charge in [0.05, 0.1) is 12.7 Å². The van der Waals surface area contributed by atoms with E-state index in [1.807, 2.05) is 54.6 Å². The molecule has 5 nitrogen and oxygen atoms in total. The Morgan fingerprint density at radius 3 is 2.25 bits per heavy atom. The molecule has 3 aromatic rings. The summed E-state index contributed by atoms with van der Waals surface area (Å²) in [5.74, 6) is -0.110. The third-order valence-corrected chi connectivity index (χ3v) is 4.59. The van der Waals surface area contributed by atoms with Gasteiger partial charge in [-0.3, -0.25) is 4.79 Å². The van der Waals surface area contributed by atoms with E-state index in [1.165, 1.54) is 0 Å². The molecule has 144 valence electrons. The van der Waals surface area contributed by atoms with Crippen LogP contribution in [0.1, 0.15) is 22.8 Å². The molecule has 3 aromatic carbocycles. The van der Waals surface area contributed by atoms with Gasteiger partial charge in [0, 0.05) is 19.0 Å². The van der Waals surface area contributed by atoms with Crippen LogP contribution in [0.3, 0.4) is 0 Å². The number of esters is 1. The van der Waals surface area contributed by atoms with E-state index in [1.54, 1.807) is 38.1 Å². The molecule has 0 aliphatic rings. The number of benzene rings is 3. The minimum atomic E-state index is -0.887. The Morgan fingerprint density at radius 2 is 1.57 bits per heavy atom. The molecular weight excluding hydrogens is 354 g/mol. The van der Waals surface area contributed by atoms with E-state index >= 15 is 0 Å². The summed E-state index contributed by atoms with van der Waals surface area (Å²) in [4.78, 5) is 26.9. The van der Waals surface area contributed by atoms with Gasteiger partial charge < -0.3 is 14.4 Å². The standard InChI is InChI=1S/C23H23NO4/c1-16(22(25)24(2)15-17-9-5-4-6-10-17)28-23(26)20-13-14-21(27-3)19-12-8-7-11-18(19)20/h4-14,16H,15H2,1-3H3/t16-/m0/s1. The highest BCUT2D eigenvalue weighted by Crippen LogP contribution is 2.29. The zero-order chi connectivity index (χ0) is 20.1. The zero-order valence-corrected chi connectivity index (χ0v) is 16.2. The van der Waals surface area contributed by atoms with Crippen LogP contribution in [0.4, 0.5) is 0 Å². The van der Waals surface area contributed by atoms with Crippen LogP contribution in [0.25, 0.3) is 10.8 Å². The normalized spacial score (nSPS) is 11.7. The minimum Gasteiger partial charge on any atom is -0.496 e. The predicted molar refractivity (Wildman–Crippen MR) is 108 cm³/mol. The first-order chi connectivity index (χ1) is 13.5. The van der Waals surface area contributed by atoms with E-state index in [2.05, 4.69) is 0 Å². The highest BCUT2D eigenvalue weighted by Gasteiger charge is 2.23. The van der Waals surface area contributed by atoms with E-state index in [9.17, 15) is 9.59 Å². The fourth-order valence-corrected chi connectivity index (χ4v) is 3.15. The van der Waals surface area contributed by atoms with Gasteiger partial charge in [-0.15, -0.1) is 0 Å². The van der Waals surface area contributed by atoms with Gasteiger partial charge in [-0.2, -0.15) is 0 Å². The summed E-state index contributed by atoms with van der Waals surface area (Å²) in [7, 11) is 3.28. The van der Waals surface area contributed by atoms with E-state index in [4.69, 9.17) is 9.47 Å². The molecule has 0 unspecified atom stereocenters. The van der Waals surface area contributed by atoms with Crippen molar-refractivity contribution in [2.45, 2.75) is 19.6 Å². The molecule has 0 aliphatic carbocycles. The molecule has 1 amide bonds. The summed E-state index contributed by atoms with van der Waals surface area (Å²) in [6.45, 7) is 2.04. The number of rotatable bonds is 6. The van der Waals surface area contributed by atoms with Crippen molar-refractivity contribution in [3.63, 3.8) is 0 Å². The fourth-order valence-electron chi connectivity index (χ4n) is 3.15. The number of methoxy groups -OCH3 is 1. The van der Waals surface area contributed by atoms with Gasteiger partial charge in [0.25, 0.3) is 5.91 Å². The molecule has 28 heavy (non-hydrogen) atoms. The lowest BCUT2D eigenvalue weighted by molar-refractivity contribution is -0.139. The van der Waals surface area contributed by atoms with Crippen molar-refractivity contribution in [2.24, 2.45) is 0 Å². The first-order valence-electron chi connectivity index (χ1n) is 9.07. The molecule has 5 heteroatoms. The van der Waals surface area contributed by atoms with Crippen molar-refractivity contribution < 1.29 is 19.1 Å². The fraction of sp³-hybridized carbons (Fsp3) is 0.217. The highest BCUT2D eigenvalue weighted by molar-refractivity contribution is 6.06. The number of hydrogen-bond acceptors (Lipinski definition) is 4. The lowest BCUT2D eigenvalue weighted by Gasteiger charge is -2.22. The number of carbonyl (C=O) groups excluding carboxylic acids is 2. The van der Waals surface area contributed by atoms with Crippen molar-refractivity contribution >= 4 is 22.6 Å². The largest absolute Gasteiger partial charge is 0.496 e. The number of amides is 1. The van der Waals surface area contributed by atoms with Crippen LogP contribution in [0, 0.1) is 0 Å². The Bertz CT molecular complexity index is 984. The van der Waals surface area contributed by atoms with Gasteiger partial charge in [0.15, 0.2) is 6.10 Å². The monoisotopic (exact) mass is 377 g/mol. The second-order valence-corrected chi connectivity index (χ2v) is 6.59. The van der Waals surface area contributed by atoms with Gasteiger partial charge >= 0.3 is 5.97 Å². The summed E-state index contributed by atoms with van der Waals surface area (Å²) < 4.78 is 10.8. The summed E-state index contributed by atoms with van der Waals surface area (Å²) in [5.41, 5.74) is 1.42. The van der Waals surface area contributed by atoms with Crippen molar-refractivity contribution in [2.75, 3.05) is 14.2 Å². The quantitative estimate of drug-likeness (QED) is 0.608. The summed E-state index contributed by atoms with van der Waals surface area (Å²) >= 11 is 0. The first kappa shape index (κ1) is 19.4. The maximum Gasteiger partial charge on any atom is 0.339 e. The van der Waals surface area contributed by atoms with Crippen LogP contribution in [0.15, 0.2) is 66.7 Å². The highest BCUT2D eigenvalue weighted by atomic mass is 16.5. The molecule has 0 aromatic heterocycles. The topological polar surface area (TPSA) is 55.8 Å². The predicted octanol–water partition coefficient (Wildman–Crippen LogP) is 4.05. The average Bonchev–Trinajstić information content (AvgIpc) is 2.72. The van der Waals surface area contributed by atoms with Gasteiger partial charge in [0.1, 0.15) is 5.75 Å². The third kappa shape index (κ3) is 4.14. The third-order valence-electron chi connectivity index (χ3n) is 4.59. The van der Waals surface area contributed by atoms with E-state index in [-0.39, 0.29) is 5.91 Å². The zero-order valence-electron chi connectivity index (χ0n) is 16.2. The number of likely N-dealkylation sites (N-methyl/N-ethyl adjacent to an activating group) is 1. The lowest BCUT2D eigenvalue weighted by Crippen LogP contribution is -2.37. The maximum atomic E-state index is 12.7. The molecule has 0 spiro atoms. The Kier molecular flexibility index (Phi) is 5.94. The molecule has 0 saturated carbocycles. The Morgan fingerprint density at radius 1 is 0.929 bits per heavy atom. The van der Waals surface area contributed by atoms with Crippen molar-refractivity contribution in [3.05, 3.63) is 77.9 Å². The van der Waals surface area contributed by atoms with E-state index in [0.717, 1.165) is 16.3 Å². The molecule has 0 saturated heterocycles. The SMILES string of the molecule is COc1ccc(C(=O)O[C@@H](C)C(=O)N(C)Cc2ccccc2)c2ccccc12. The van der Waals surface area contributed by atoms with Crippen LogP contribution in [-0.4, -0.2) is 37.0 Å². The lowest BCUT2D eigenvalue weighted by atomic mass is 10.0. The van der Waals surface area contributed by atoms with Crippen molar-refractivity contribution in [1.29, 1.82) is 0 Å². The minimum absolute atomic E-state index is 0.255. The van der Waals surface area contributed by atoms with Gasteiger partial charge in [-0.25, -0.2) is 4.79 Å². The molecule has 0 fully saturated rings. The molecule has 0 heterocycles. The molecule has 0 radical (unpaired) electrons. The van der Waals surface area contributed by atoms with Crippen molar-refractivity contribution in [3.8, 4) is 5.75 Å². The number of carbonyl (C=O) groups is 2. The number of ether oxygens (including phenoxy) is 2. The summed E-state index contributed by atoms with van der Waals surface area (Å²) in [5, 5.41) is 1.55. The van der Waals surface area contributed by atoms with E-state index in [0.29, 0.717) is 17.9 Å². The molecular formula is C23H23NO4. The maximum absolute atomic E-state index is 12.7. The molecule has 1 atom stereocenters. The second kappa shape index (κ2) is 8.57. The second-order valence-electron chi connectivity index (χ2n) is 6.59. The van der Waals surface area contributed by atoms with Crippen molar-refractivity contribution in [1.82, 2.24) is 4.90 Å². The van der Waals surface area contributed by atoms with Crippen LogP contribution in [0.2, 0.25) is 0 Å². The van der Waals surface area contributed by atoms with E-state index < -0.39 is 12.1 Å². The first-order valence-corrected chi connectivity index (χ1v) is 9.07. The Labute approximate surface area is 164 Å². The van der Waals surface area contributed by atoms with Crippen LogP contribution < -0.4 is 4.74 Å². The number of nitrogens with zero attached hydrogens (tertiary/aromatic N) is 1. The van der Waals surface area contributed by atoms with Crippen LogP contribution in [-0.2, 0) is 16.1 Å². The average molecular weight is 377 g/mol. The molecule has 0 N–H and O–H groups in total. The smallest absolute Gasteiger partial charge is 0.339 e. The summed E-state index contributed by atoms with van der Waals surface area (Å²) in [6.07, 6.45) is -0.887. The Balaban J connectivity index is 1.74. The molecule has 0 aliphatic heterocycles. The summed E-state index contributed by atoms with van der Waals surface area (Å²) in [6, 6.07) is 20.5. The Hall–Kier alpha value is -3.34. The number of fused-ring (bicyclic) bond motifs is 1. The van der Waals surface area contributed by atoms with Gasteiger partial charge in [-0.1, -0.05) is 54.6 Å². The van der Waals surface area contributed by atoms with Crippen LogP contribution >= 0.6 is 0 Å². The molecule has 3 rings (SSSR count).